The highest BCUT2D eigenvalue weighted by atomic mass is 32.2. The van der Waals surface area contributed by atoms with Gasteiger partial charge in [-0.3, -0.25) is 20.4 Å². The molecule has 0 bridgehead atoms. The number of ether oxygens (including phenoxy) is 1. The number of guanidine groups is 1. The van der Waals surface area contributed by atoms with Crippen LogP contribution in [0.4, 0.5) is 5.95 Å². The van der Waals surface area contributed by atoms with Crippen molar-refractivity contribution in [2.45, 2.75) is 31.5 Å². The van der Waals surface area contributed by atoms with E-state index in [4.69, 9.17) is 4.74 Å². The Morgan fingerprint density at radius 1 is 1.17 bits per heavy atom. The number of hydrogen-bond acceptors (Lipinski definition) is 9. The molecule has 0 saturated carbocycles. The summed E-state index contributed by atoms with van der Waals surface area (Å²) in [5.41, 5.74) is 3.77. The number of H-pyrrole nitrogens is 1. The first-order valence-corrected chi connectivity index (χ1v) is 12.7. The number of nitrogens with one attached hydrogen (secondary N) is 3. The number of amides is 1. The van der Waals surface area contributed by atoms with Gasteiger partial charge >= 0.3 is 0 Å². The highest BCUT2D eigenvalue weighted by molar-refractivity contribution is 8.01. The normalized spacial score (nSPS) is 11.6. The zero-order valence-corrected chi connectivity index (χ0v) is 21.5. The average molecular weight is 511 g/mol. The molecule has 0 fully saturated rings. The molecule has 12 heteroatoms. The molecule has 0 spiro atoms. The molecule has 4 rings (SSSR count). The van der Waals surface area contributed by atoms with Crippen LogP contribution in [0.25, 0.3) is 10.9 Å². The minimum Gasteiger partial charge on any atom is -0.497 e. The van der Waals surface area contributed by atoms with Crippen molar-refractivity contribution in [2.24, 2.45) is 4.99 Å². The van der Waals surface area contributed by atoms with Gasteiger partial charge in [0.2, 0.25) is 17.8 Å². The fourth-order valence-corrected chi connectivity index (χ4v) is 5.03. The number of fused-ring (bicyclic) bond motifs is 1. The number of aromatic nitrogens is 5. The highest BCUT2D eigenvalue weighted by Gasteiger charge is 2.12. The van der Waals surface area contributed by atoms with E-state index in [2.05, 4.69) is 40.8 Å². The fourth-order valence-electron chi connectivity index (χ4n) is 3.42. The first kappa shape index (κ1) is 24.6. The number of aryl methyl sites for hydroxylation is 3. The number of hydrogen-bond donors (Lipinski definition) is 3. The second kappa shape index (κ2) is 11.3. The smallest absolute Gasteiger partial charge is 0.237 e. The maximum absolute atomic E-state index is 12.6. The third-order valence-corrected chi connectivity index (χ3v) is 6.90. The summed E-state index contributed by atoms with van der Waals surface area (Å²) in [6, 6.07) is 7.81. The third kappa shape index (κ3) is 6.76. The van der Waals surface area contributed by atoms with Crippen LogP contribution in [0.15, 0.2) is 39.8 Å². The van der Waals surface area contributed by atoms with E-state index in [0.717, 1.165) is 43.0 Å². The molecule has 182 valence electrons. The zero-order chi connectivity index (χ0) is 24.8. The molecule has 3 aromatic heterocycles. The molecule has 3 N–H and O–H groups in total. The molecule has 0 radical (unpaired) electrons. The van der Waals surface area contributed by atoms with Crippen molar-refractivity contribution in [1.82, 2.24) is 30.5 Å². The summed E-state index contributed by atoms with van der Waals surface area (Å²) in [7, 11) is 1.65. The average Bonchev–Trinajstić information content (AvgIpc) is 3.42. The van der Waals surface area contributed by atoms with Gasteiger partial charge in [-0.1, -0.05) is 23.1 Å². The molecule has 35 heavy (non-hydrogen) atoms. The molecule has 1 amide bonds. The standard InChI is InChI=1S/C23H26N8O2S2/c1-13-9-14(2)27-22(26-13)29-21(28-20(32)12-34-23-31-30-15(3)35-23)24-8-7-16-11-25-19-10-17(33-4)5-6-18(16)19/h5-6,9-11,25H,7-8,12H2,1-4H3,(H2,24,26,27,28,29,32). The van der Waals surface area contributed by atoms with E-state index >= 15 is 0 Å². The Balaban J connectivity index is 1.46. The van der Waals surface area contributed by atoms with E-state index in [1.54, 1.807) is 7.11 Å². The van der Waals surface area contributed by atoms with Crippen molar-refractivity contribution < 1.29 is 9.53 Å². The number of rotatable bonds is 8. The molecular formula is C23H26N8O2S2. The summed E-state index contributed by atoms with van der Waals surface area (Å²) in [4.78, 5) is 29.3. The number of carbonyl (C=O) groups excluding carboxylic acids is 1. The number of benzene rings is 1. The second-order valence-corrected chi connectivity index (χ2v) is 10.1. The summed E-state index contributed by atoms with van der Waals surface area (Å²) in [5, 5.41) is 15.9. The molecule has 0 aliphatic rings. The maximum atomic E-state index is 12.6. The lowest BCUT2D eigenvalue weighted by Crippen LogP contribution is -2.38. The highest BCUT2D eigenvalue weighted by Crippen LogP contribution is 2.24. The topological polar surface area (TPSA) is 130 Å². The second-order valence-electron chi connectivity index (χ2n) is 7.73. The van der Waals surface area contributed by atoms with Crippen molar-refractivity contribution in [3.05, 3.63) is 52.4 Å². The lowest BCUT2D eigenvalue weighted by Gasteiger charge is -2.11. The summed E-state index contributed by atoms with van der Waals surface area (Å²) in [6.07, 6.45) is 2.65. The van der Waals surface area contributed by atoms with Crippen LogP contribution < -0.4 is 15.4 Å². The Morgan fingerprint density at radius 3 is 2.69 bits per heavy atom. The monoisotopic (exact) mass is 510 g/mol. The number of anilines is 1. The lowest BCUT2D eigenvalue weighted by atomic mass is 10.1. The van der Waals surface area contributed by atoms with E-state index in [1.165, 1.54) is 23.1 Å². The Labute approximate surface area is 211 Å². The predicted molar refractivity (Wildman–Crippen MR) is 139 cm³/mol. The van der Waals surface area contributed by atoms with Crippen molar-refractivity contribution in [1.29, 1.82) is 0 Å². The number of nitrogens with zero attached hydrogens (tertiary/aromatic N) is 5. The molecule has 0 aliphatic carbocycles. The summed E-state index contributed by atoms with van der Waals surface area (Å²) >= 11 is 2.79. The molecule has 3 heterocycles. The Bertz CT molecular complexity index is 1340. The van der Waals surface area contributed by atoms with Crippen molar-refractivity contribution >= 4 is 51.8 Å². The van der Waals surface area contributed by atoms with E-state index < -0.39 is 0 Å². The largest absolute Gasteiger partial charge is 0.497 e. The van der Waals surface area contributed by atoms with Gasteiger partial charge in [0.05, 0.1) is 12.9 Å². The number of methoxy groups -OCH3 is 1. The van der Waals surface area contributed by atoms with Gasteiger partial charge in [-0.2, -0.15) is 0 Å². The number of carbonyl (C=O) groups is 1. The lowest BCUT2D eigenvalue weighted by molar-refractivity contribution is -0.117. The van der Waals surface area contributed by atoms with Crippen LogP contribution in [0, 0.1) is 20.8 Å². The molecule has 0 atom stereocenters. The first-order valence-electron chi connectivity index (χ1n) is 10.9. The van der Waals surface area contributed by atoms with Crippen LogP contribution in [0.1, 0.15) is 22.0 Å². The Hall–Kier alpha value is -3.51. The fraction of sp³-hybridized carbons (Fsp3) is 0.304. The number of thioether (sulfide) groups is 1. The van der Waals surface area contributed by atoms with Crippen molar-refractivity contribution in [3.8, 4) is 5.75 Å². The van der Waals surface area contributed by atoms with Crippen LogP contribution in [0.5, 0.6) is 5.75 Å². The summed E-state index contributed by atoms with van der Waals surface area (Å²) in [6.45, 7) is 6.11. The van der Waals surface area contributed by atoms with E-state index in [0.29, 0.717) is 24.9 Å². The molecule has 4 aromatic rings. The summed E-state index contributed by atoms with van der Waals surface area (Å²) < 4.78 is 6.04. The third-order valence-electron chi connectivity index (χ3n) is 4.93. The quantitative estimate of drug-likeness (QED) is 0.186. The molecular weight excluding hydrogens is 484 g/mol. The molecule has 0 aliphatic heterocycles. The first-order chi connectivity index (χ1) is 16.9. The zero-order valence-electron chi connectivity index (χ0n) is 19.9. The minimum atomic E-state index is -0.210. The van der Waals surface area contributed by atoms with Gasteiger partial charge in [0.15, 0.2) is 4.34 Å². The van der Waals surface area contributed by atoms with Crippen LogP contribution in [-0.2, 0) is 11.2 Å². The van der Waals surface area contributed by atoms with E-state index in [9.17, 15) is 4.79 Å². The predicted octanol–water partition coefficient (Wildman–Crippen LogP) is 3.66. The maximum Gasteiger partial charge on any atom is 0.237 e. The van der Waals surface area contributed by atoms with Gasteiger partial charge < -0.3 is 9.72 Å². The van der Waals surface area contributed by atoms with E-state index in [1.807, 2.05) is 51.2 Å². The molecule has 1 aromatic carbocycles. The van der Waals surface area contributed by atoms with Crippen LogP contribution in [-0.4, -0.2) is 56.4 Å². The number of aromatic amines is 1. The van der Waals surface area contributed by atoms with Crippen LogP contribution in [0.3, 0.4) is 0 Å². The molecule has 0 unspecified atom stereocenters. The molecule has 0 saturated heterocycles. The van der Waals surface area contributed by atoms with E-state index in [-0.39, 0.29) is 11.7 Å². The molecule has 10 nitrogen and oxygen atoms in total. The Morgan fingerprint density at radius 2 is 1.97 bits per heavy atom. The SMILES string of the molecule is COc1ccc2c(CCN=C(NC(=O)CSc3nnc(C)s3)Nc3nc(C)cc(C)n3)c[nH]c2c1. The summed E-state index contributed by atoms with van der Waals surface area (Å²) in [5.74, 6) is 1.46. The van der Waals surface area contributed by atoms with Crippen LogP contribution >= 0.6 is 23.1 Å². The van der Waals surface area contributed by atoms with Crippen LogP contribution in [0.2, 0.25) is 0 Å². The Kier molecular flexibility index (Phi) is 7.93. The van der Waals surface area contributed by atoms with Gasteiger partial charge in [0.1, 0.15) is 10.8 Å². The number of aliphatic imine (C=N–C) groups is 1. The van der Waals surface area contributed by atoms with Gasteiger partial charge in [-0.05, 0) is 51.0 Å². The van der Waals surface area contributed by atoms with Gasteiger partial charge in [-0.25, -0.2) is 9.97 Å². The van der Waals surface area contributed by atoms with Gasteiger partial charge in [0, 0.05) is 41.1 Å². The van der Waals surface area contributed by atoms with Crippen molar-refractivity contribution in [2.75, 3.05) is 24.7 Å². The van der Waals surface area contributed by atoms with Crippen molar-refractivity contribution in [3.63, 3.8) is 0 Å². The minimum absolute atomic E-state index is 0.188. The van der Waals surface area contributed by atoms with Gasteiger partial charge in [-0.15, -0.1) is 10.2 Å². The van der Waals surface area contributed by atoms with Gasteiger partial charge in [0.25, 0.3) is 0 Å².